The molecule has 2 rings (SSSR count). The van der Waals surface area contributed by atoms with Gasteiger partial charge in [-0.1, -0.05) is 0 Å². The van der Waals surface area contributed by atoms with E-state index in [1.807, 2.05) is 0 Å². The lowest BCUT2D eigenvalue weighted by atomic mass is 10.2. The van der Waals surface area contributed by atoms with Gasteiger partial charge >= 0.3 is 5.90 Å². The fraction of sp³-hybridized carbons (Fsp3) is 0.889. The molecule has 0 saturated heterocycles. The predicted octanol–water partition coefficient (Wildman–Crippen LogP) is 1.39. The Balaban J connectivity index is 2.10. The second kappa shape index (κ2) is 3.24. The summed E-state index contributed by atoms with van der Waals surface area (Å²) in [4.78, 5) is 0. The fourth-order valence-corrected chi connectivity index (χ4v) is 1.88. The van der Waals surface area contributed by atoms with Crippen molar-refractivity contribution >= 4 is 5.90 Å². The highest BCUT2D eigenvalue weighted by molar-refractivity contribution is 5.71. The van der Waals surface area contributed by atoms with Gasteiger partial charge in [0, 0.05) is 12.8 Å². The molecule has 0 aromatic carbocycles. The molecule has 0 amide bonds. The number of hydrogen-bond acceptors (Lipinski definition) is 1. The van der Waals surface area contributed by atoms with E-state index in [2.05, 4.69) is 4.58 Å². The summed E-state index contributed by atoms with van der Waals surface area (Å²) in [7, 11) is 0. The summed E-state index contributed by atoms with van der Waals surface area (Å²) in [6.45, 7) is 3.41. The summed E-state index contributed by atoms with van der Waals surface area (Å²) >= 11 is 0. The fourth-order valence-electron chi connectivity index (χ4n) is 1.88. The summed E-state index contributed by atoms with van der Waals surface area (Å²) in [6.07, 6.45) is 6.45. The molecule has 0 saturated carbocycles. The average molecular weight is 154 g/mol. The van der Waals surface area contributed by atoms with Crippen LogP contribution in [0, 0.1) is 0 Å². The number of ether oxygens (including phenoxy) is 1. The number of hydrogen-bond donors (Lipinski definition) is 0. The molecule has 0 aromatic rings. The zero-order chi connectivity index (χ0) is 7.52. The van der Waals surface area contributed by atoms with Crippen LogP contribution >= 0.6 is 0 Å². The topological polar surface area (TPSA) is 12.2 Å². The van der Waals surface area contributed by atoms with E-state index in [4.69, 9.17) is 4.74 Å². The van der Waals surface area contributed by atoms with Crippen molar-refractivity contribution in [3.05, 3.63) is 0 Å². The Morgan fingerprint density at radius 2 is 1.91 bits per heavy atom. The second-order valence-corrected chi connectivity index (χ2v) is 3.39. The van der Waals surface area contributed by atoms with E-state index in [-0.39, 0.29) is 0 Å². The standard InChI is InChI=1S/C9H16NO/c1-2-5-9-10(6-3-1)7-4-8-11-9/h1-8H2/q+1. The van der Waals surface area contributed by atoms with Crippen LogP contribution in [-0.2, 0) is 4.74 Å². The van der Waals surface area contributed by atoms with Gasteiger partial charge in [0.05, 0.1) is 13.0 Å². The number of nitrogens with zero attached hydrogens (tertiary/aromatic N) is 1. The van der Waals surface area contributed by atoms with Crippen molar-refractivity contribution in [1.29, 1.82) is 0 Å². The van der Waals surface area contributed by atoms with E-state index >= 15 is 0 Å². The minimum atomic E-state index is 0.950. The lowest BCUT2D eigenvalue weighted by Crippen LogP contribution is -2.30. The predicted molar refractivity (Wildman–Crippen MR) is 44.0 cm³/mol. The van der Waals surface area contributed by atoms with E-state index in [9.17, 15) is 0 Å². The summed E-state index contributed by atoms with van der Waals surface area (Å²) < 4.78 is 8.03. The maximum atomic E-state index is 5.60. The van der Waals surface area contributed by atoms with E-state index in [0.717, 1.165) is 6.61 Å². The summed E-state index contributed by atoms with van der Waals surface area (Å²) in [5, 5.41) is 0. The quantitative estimate of drug-likeness (QED) is 0.480. The Bertz CT molecular complexity index is 156. The van der Waals surface area contributed by atoms with Crippen LogP contribution in [0.5, 0.6) is 0 Å². The maximum Gasteiger partial charge on any atom is 0.336 e. The molecule has 2 aliphatic heterocycles. The first-order chi connectivity index (χ1) is 5.47. The molecule has 2 heterocycles. The molecule has 2 aliphatic rings. The molecule has 0 radical (unpaired) electrons. The first kappa shape index (κ1) is 7.14. The maximum absolute atomic E-state index is 5.60. The first-order valence-electron chi connectivity index (χ1n) is 4.70. The van der Waals surface area contributed by atoms with E-state index in [1.165, 1.54) is 51.1 Å². The zero-order valence-electron chi connectivity index (χ0n) is 7.01. The first-order valence-corrected chi connectivity index (χ1v) is 4.70. The van der Waals surface area contributed by atoms with Gasteiger partial charge in [-0.15, -0.1) is 0 Å². The van der Waals surface area contributed by atoms with Crippen molar-refractivity contribution in [1.82, 2.24) is 0 Å². The van der Waals surface area contributed by atoms with Gasteiger partial charge in [0.15, 0.2) is 0 Å². The third-order valence-electron chi connectivity index (χ3n) is 2.51. The molecule has 0 atom stereocenters. The molecule has 0 N–H and O–H groups in total. The van der Waals surface area contributed by atoms with Gasteiger partial charge in [-0.05, 0) is 12.8 Å². The summed E-state index contributed by atoms with van der Waals surface area (Å²) in [6, 6.07) is 0. The van der Waals surface area contributed by atoms with Crippen LogP contribution in [-0.4, -0.2) is 30.2 Å². The highest BCUT2D eigenvalue weighted by atomic mass is 16.5. The van der Waals surface area contributed by atoms with Gasteiger partial charge in [0.25, 0.3) is 0 Å². The zero-order valence-corrected chi connectivity index (χ0v) is 7.01. The third kappa shape index (κ3) is 1.55. The minimum Gasteiger partial charge on any atom is -0.448 e. The van der Waals surface area contributed by atoms with Gasteiger partial charge < -0.3 is 4.74 Å². The Labute approximate surface area is 67.9 Å². The van der Waals surface area contributed by atoms with Crippen LogP contribution < -0.4 is 0 Å². The van der Waals surface area contributed by atoms with Crippen LogP contribution in [0.25, 0.3) is 0 Å². The van der Waals surface area contributed by atoms with Crippen LogP contribution in [0.1, 0.15) is 32.1 Å². The molecule has 0 spiro atoms. The Hall–Kier alpha value is -0.530. The Kier molecular flexibility index (Phi) is 2.11. The summed E-state index contributed by atoms with van der Waals surface area (Å²) in [5.74, 6) is 1.27. The molecule has 0 fully saturated rings. The smallest absolute Gasteiger partial charge is 0.336 e. The molecular weight excluding hydrogens is 138 g/mol. The largest absolute Gasteiger partial charge is 0.448 e. The normalized spacial score (nSPS) is 25.5. The lowest BCUT2D eigenvalue weighted by molar-refractivity contribution is -0.544. The van der Waals surface area contributed by atoms with Crippen molar-refractivity contribution in [2.24, 2.45) is 0 Å². The molecule has 11 heavy (non-hydrogen) atoms. The van der Waals surface area contributed by atoms with E-state index in [1.54, 1.807) is 0 Å². The molecular formula is C9H16NO+. The SMILES string of the molecule is C1CCC2=[N+](CC1)CCCO2. The lowest BCUT2D eigenvalue weighted by Gasteiger charge is -2.13. The van der Waals surface area contributed by atoms with Crippen LogP contribution in [0.2, 0.25) is 0 Å². The molecule has 62 valence electrons. The molecule has 0 bridgehead atoms. The van der Waals surface area contributed by atoms with Gasteiger partial charge in [-0.25, -0.2) is 4.58 Å². The van der Waals surface area contributed by atoms with Crippen molar-refractivity contribution < 1.29 is 9.31 Å². The van der Waals surface area contributed by atoms with Gasteiger partial charge in [-0.3, -0.25) is 0 Å². The van der Waals surface area contributed by atoms with Crippen molar-refractivity contribution in [3.8, 4) is 0 Å². The second-order valence-electron chi connectivity index (χ2n) is 3.39. The highest BCUT2D eigenvalue weighted by Crippen LogP contribution is 2.11. The third-order valence-corrected chi connectivity index (χ3v) is 2.51. The molecule has 0 aromatic heterocycles. The van der Waals surface area contributed by atoms with E-state index < -0.39 is 0 Å². The van der Waals surface area contributed by atoms with Crippen molar-refractivity contribution in [2.75, 3.05) is 19.7 Å². The molecule has 2 heteroatoms. The molecule has 0 aliphatic carbocycles. The van der Waals surface area contributed by atoms with Crippen LogP contribution in [0.3, 0.4) is 0 Å². The molecule has 2 nitrogen and oxygen atoms in total. The summed E-state index contributed by atoms with van der Waals surface area (Å²) in [5.41, 5.74) is 0. The van der Waals surface area contributed by atoms with Crippen molar-refractivity contribution in [2.45, 2.75) is 32.1 Å². The average Bonchev–Trinajstić information content (AvgIpc) is 2.28. The van der Waals surface area contributed by atoms with E-state index in [0.29, 0.717) is 0 Å². The molecule has 0 unspecified atom stereocenters. The Morgan fingerprint density at radius 3 is 2.91 bits per heavy atom. The monoisotopic (exact) mass is 154 g/mol. The van der Waals surface area contributed by atoms with Gasteiger partial charge in [-0.2, -0.15) is 0 Å². The van der Waals surface area contributed by atoms with Gasteiger partial charge in [0.1, 0.15) is 13.1 Å². The van der Waals surface area contributed by atoms with Crippen molar-refractivity contribution in [3.63, 3.8) is 0 Å². The number of rotatable bonds is 0. The Morgan fingerprint density at radius 1 is 1.00 bits per heavy atom. The minimum absolute atomic E-state index is 0.950. The highest BCUT2D eigenvalue weighted by Gasteiger charge is 2.22. The van der Waals surface area contributed by atoms with Gasteiger partial charge in [0.2, 0.25) is 0 Å². The van der Waals surface area contributed by atoms with Crippen LogP contribution in [0.4, 0.5) is 0 Å². The van der Waals surface area contributed by atoms with Crippen LogP contribution in [0.15, 0.2) is 0 Å².